The van der Waals surface area contributed by atoms with Crippen molar-refractivity contribution in [2.45, 2.75) is 36.6 Å². The number of nitrogens with one attached hydrogen (secondary N) is 2. The van der Waals surface area contributed by atoms with E-state index in [0.717, 1.165) is 43.7 Å². The Labute approximate surface area is 180 Å². The van der Waals surface area contributed by atoms with Crippen LogP contribution >= 0.6 is 11.8 Å². The number of carbonyl (C=O) groups excluding carboxylic acids is 3. The second kappa shape index (κ2) is 9.34. The summed E-state index contributed by atoms with van der Waals surface area (Å²) in [7, 11) is 0. The molecule has 0 unspecified atom stereocenters. The molecule has 0 atom stereocenters. The van der Waals surface area contributed by atoms with Crippen molar-refractivity contribution in [3.05, 3.63) is 59.7 Å². The number of likely N-dealkylation sites (tertiary alicyclic amines) is 1. The molecule has 1 heterocycles. The first kappa shape index (κ1) is 20.5. The fourth-order valence-corrected chi connectivity index (χ4v) is 4.33. The monoisotopic (exact) mass is 423 g/mol. The van der Waals surface area contributed by atoms with Crippen molar-refractivity contribution in [3.63, 3.8) is 0 Å². The Morgan fingerprint density at radius 2 is 1.63 bits per heavy atom. The van der Waals surface area contributed by atoms with E-state index in [1.165, 1.54) is 11.8 Å². The van der Waals surface area contributed by atoms with E-state index in [1.807, 2.05) is 23.1 Å². The number of thioether (sulfide) groups is 1. The largest absolute Gasteiger partial charge is 0.349 e. The van der Waals surface area contributed by atoms with E-state index in [-0.39, 0.29) is 17.7 Å². The zero-order valence-electron chi connectivity index (χ0n) is 16.7. The van der Waals surface area contributed by atoms with E-state index in [2.05, 4.69) is 10.6 Å². The number of amides is 3. The van der Waals surface area contributed by atoms with Crippen molar-refractivity contribution in [2.75, 3.05) is 24.2 Å². The van der Waals surface area contributed by atoms with Crippen molar-refractivity contribution >= 4 is 35.2 Å². The minimum absolute atomic E-state index is 0.0835. The van der Waals surface area contributed by atoms with Crippen LogP contribution in [-0.4, -0.2) is 47.5 Å². The highest BCUT2D eigenvalue weighted by Crippen LogP contribution is 2.25. The lowest BCUT2D eigenvalue weighted by Gasteiger charge is -2.15. The van der Waals surface area contributed by atoms with Crippen LogP contribution in [0.3, 0.4) is 0 Å². The van der Waals surface area contributed by atoms with Crippen LogP contribution in [0.5, 0.6) is 0 Å². The topological polar surface area (TPSA) is 78.5 Å². The van der Waals surface area contributed by atoms with Gasteiger partial charge in [-0.25, -0.2) is 0 Å². The van der Waals surface area contributed by atoms with Gasteiger partial charge >= 0.3 is 0 Å². The maximum Gasteiger partial charge on any atom is 0.256 e. The van der Waals surface area contributed by atoms with Crippen molar-refractivity contribution in [3.8, 4) is 0 Å². The molecule has 3 amide bonds. The van der Waals surface area contributed by atoms with E-state index in [4.69, 9.17) is 0 Å². The Morgan fingerprint density at radius 1 is 0.933 bits per heavy atom. The summed E-state index contributed by atoms with van der Waals surface area (Å²) < 4.78 is 0. The summed E-state index contributed by atoms with van der Waals surface area (Å²) in [5.41, 5.74) is 1.74. The van der Waals surface area contributed by atoms with Crippen LogP contribution in [0.15, 0.2) is 53.4 Å². The molecule has 0 aromatic heterocycles. The van der Waals surface area contributed by atoms with E-state index in [9.17, 15) is 14.4 Å². The molecule has 1 aliphatic heterocycles. The Bertz CT molecular complexity index is 935. The number of nitrogens with zero attached hydrogens (tertiary/aromatic N) is 1. The predicted octanol–water partition coefficient (Wildman–Crippen LogP) is 3.55. The summed E-state index contributed by atoms with van der Waals surface area (Å²) in [4.78, 5) is 39.9. The van der Waals surface area contributed by atoms with Gasteiger partial charge in [0.15, 0.2) is 0 Å². The summed E-state index contributed by atoms with van der Waals surface area (Å²) in [5, 5.41) is 5.83. The van der Waals surface area contributed by atoms with Crippen molar-refractivity contribution in [2.24, 2.45) is 0 Å². The van der Waals surface area contributed by atoms with Gasteiger partial charge in [0.05, 0.1) is 11.3 Å². The zero-order chi connectivity index (χ0) is 20.9. The van der Waals surface area contributed by atoms with E-state index < -0.39 is 0 Å². The van der Waals surface area contributed by atoms with Crippen LogP contribution in [0.2, 0.25) is 0 Å². The molecule has 2 aromatic carbocycles. The van der Waals surface area contributed by atoms with Gasteiger partial charge in [-0.05, 0) is 62.1 Å². The first-order valence-corrected chi connectivity index (χ1v) is 11.3. The quantitative estimate of drug-likeness (QED) is 0.668. The number of carbonyl (C=O) groups is 3. The van der Waals surface area contributed by atoms with Gasteiger partial charge < -0.3 is 15.5 Å². The minimum atomic E-state index is -0.234. The highest BCUT2D eigenvalue weighted by molar-refractivity contribution is 8.00. The Kier molecular flexibility index (Phi) is 6.38. The lowest BCUT2D eigenvalue weighted by molar-refractivity contribution is -0.127. The average Bonchev–Trinajstić information content (AvgIpc) is 3.40. The first-order valence-electron chi connectivity index (χ1n) is 10.3. The van der Waals surface area contributed by atoms with Crippen molar-refractivity contribution in [1.82, 2.24) is 10.2 Å². The van der Waals surface area contributed by atoms with Crippen LogP contribution in [0.4, 0.5) is 5.69 Å². The Hall–Kier alpha value is -2.80. The summed E-state index contributed by atoms with van der Waals surface area (Å²) >= 11 is 1.39. The third-order valence-corrected chi connectivity index (χ3v) is 6.32. The number of benzene rings is 2. The average molecular weight is 424 g/mol. The molecule has 0 radical (unpaired) electrons. The molecule has 1 saturated heterocycles. The molecule has 7 heteroatoms. The van der Waals surface area contributed by atoms with E-state index in [0.29, 0.717) is 28.6 Å². The molecule has 1 saturated carbocycles. The fourth-order valence-electron chi connectivity index (χ4n) is 3.38. The second-order valence-corrected chi connectivity index (χ2v) is 8.67. The predicted molar refractivity (Wildman–Crippen MR) is 118 cm³/mol. The van der Waals surface area contributed by atoms with Gasteiger partial charge in [-0.15, -0.1) is 11.8 Å². The van der Waals surface area contributed by atoms with Gasteiger partial charge in [0.1, 0.15) is 0 Å². The van der Waals surface area contributed by atoms with Crippen molar-refractivity contribution in [1.29, 1.82) is 0 Å². The van der Waals surface area contributed by atoms with Crippen molar-refractivity contribution < 1.29 is 14.4 Å². The molecule has 2 aliphatic rings. The molecule has 6 nitrogen and oxygen atoms in total. The van der Waals surface area contributed by atoms with Gasteiger partial charge in [0.25, 0.3) is 11.8 Å². The lowest BCUT2D eigenvalue weighted by Crippen LogP contribution is -2.29. The van der Waals surface area contributed by atoms with Crippen LogP contribution in [0.1, 0.15) is 46.4 Å². The molecule has 2 N–H and O–H groups in total. The molecule has 30 heavy (non-hydrogen) atoms. The van der Waals surface area contributed by atoms with Gasteiger partial charge in [0.2, 0.25) is 5.91 Å². The summed E-state index contributed by atoms with van der Waals surface area (Å²) in [6.45, 7) is 1.66. The van der Waals surface area contributed by atoms with Gasteiger partial charge in [-0.1, -0.05) is 12.1 Å². The standard InChI is InChI=1S/C23H25N3O3S/c27-21(26-13-3-4-14-26)15-30-20-6-2-1-5-19(20)23(29)25-17-9-7-16(8-10-17)22(28)24-18-11-12-18/h1-2,5-10,18H,3-4,11-15H2,(H,24,28)(H,25,29). The number of hydrogen-bond donors (Lipinski definition) is 2. The minimum Gasteiger partial charge on any atom is -0.349 e. The third kappa shape index (κ3) is 5.21. The molecular weight excluding hydrogens is 398 g/mol. The van der Waals surface area contributed by atoms with E-state index in [1.54, 1.807) is 30.3 Å². The molecule has 2 aromatic rings. The maximum absolute atomic E-state index is 12.8. The Balaban J connectivity index is 1.37. The van der Waals surface area contributed by atoms with Crippen LogP contribution in [0, 0.1) is 0 Å². The molecule has 4 rings (SSSR count). The lowest BCUT2D eigenvalue weighted by atomic mass is 10.1. The Morgan fingerprint density at radius 3 is 2.33 bits per heavy atom. The van der Waals surface area contributed by atoms with Gasteiger partial charge in [-0.3, -0.25) is 14.4 Å². The molecule has 1 aliphatic carbocycles. The molecular formula is C23H25N3O3S. The molecule has 0 spiro atoms. The highest BCUT2D eigenvalue weighted by Gasteiger charge is 2.24. The van der Waals surface area contributed by atoms with E-state index >= 15 is 0 Å². The first-order chi connectivity index (χ1) is 14.6. The second-order valence-electron chi connectivity index (χ2n) is 7.65. The maximum atomic E-state index is 12.8. The molecule has 0 bridgehead atoms. The van der Waals surface area contributed by atoms with Crippen LogP contribution in [-0.2, 0) is 4.79 Å². The number of rotatable bonds is 7. The number of hydrogen-bond acceptors (Lipinski definition) is 4. The van der Waals surface area contributed by atoms with Gasteiger partial charge in [-0.2, -0.15) is 0 Å². The molecule has 2 fully saturated rings. The number of anilines is 1. The smallest absolute Gasteiger partial charge is 0.256 e. The summed E-state index contributed by atoms with van der Waals surface area (Å²) in [5.74, 6) is 0.129. The zero-order valence-corrected chi connectivity index (χ0v) is 17.5. The normalized spacial score (nSPS) is 15.7. The van der Waals surface area contributed by atoms with Crippen LogP contribution < -0.4 is 10.6 Å². The molecule has 156 valence electrons. The summed E-state index contributed by atoms with van der Waals surface area (Å²) in [6.07, 6.45) is 4.22. The third-order valence-electron chi connectivity index (χ3n) is 5.26. The SMILES string of the molecule is O=C(NC1CC1)c1ccc(NC(=O)c2ccccc2SCC(=O)N2CCCC2)cc1. The summed E-state index contributed by atoms with van der Waals surface area (Å²) in [6, 6.07) is 14.5. The highest BCUT2D eigenvalue weighted by atomic mass is 32.2. The van der Waals surface area contributed by atoms with Crippen LogP contribution in [0.25, 0.3) is 0 Å². The fraction of sp³-hybridized carbons (Fsp3) is 0.348. The van der Waals surface area contributed by atoms with Gasteiger partial charge in [0, 0.05) is 35.3 Å².